The monoisotopic (exact) mass is 328 g/mol. The second kappa shape index (κ2) is 6.87. The van der Waals surface area contributed by atoms with Crippen LogP contribution in [0.25, 0.3) is 10.2 Å². The van der Waals surface area contributed by atoms with Crippen molar-refractivity contribution in [2.24, 2.45) is 0 Å². The highest BCUT2D eigenvalue weighted by atomic mass is 35.5. The zero-order valence-electron chi connectivity index (χ0n) is 12.4. The average molecular weight is 329 g/mol. The quantitative estimate of drug-likeness (QED) is 0.883. The molecule has 0 radical (unpaired) electrons. The summed E-state index contributed by atoms with van der Waals surface area (Å²) >= 11 is 1.61. The number of halogens is 1. The van der Waals surface area contributed by atoms with Gasteiger partial charge in [-0.15, -0.1) is 23.7 Å². The lowest BCUT2D eigenvalue weighted by molar-refractivity contribution is 0.277. The van der Waals surface area contributed by atoms with E-state index in [9.17, 15) is 4.79 Å². The molecule has 1 saturated heterocycles. The average Bonchev–Trinajstić information content (AvgIpc) is 2.59. The van der Waals surface area contributed by atoms with Gasteiger partial charge in [-0.25, -0.2) is 4.98 Å². The van der Waals surface area contributed by atoms with Gasteiger partial charge in [-0.05, 0) is 38.9 Å². The van der Waals surface area contributed by atoms with Crippen molar-refractivity contribution in [3.63, 3.8) is 0 Å². The normalized spacial score (nSPS) is 16.7. The van der Waals surface area contributed by atoms with E-state index >= 15 is 0 Å². The Bertz CT molecular complexity index is 673. The second-order valence-corrected chi connectivity index (χ2v) is 6.56. The van der Waals surface area contributed by atoms with Gasteiger partial charge < -0.3 is 10.3 Å². The third-order valence-corrected chi connectivity index (χ3v) is 5.00. The number of aromatic amines is 1. The smallest absolute Gasteiger partial charge is 0.259 e. The fourth-order valence-electron chi connectivity index (χ4n) is 2.65. The maximum absolute atomic E-state index is 12.2. The van der Waals surface area contributed by atoms with Gasteiger partial charge in [0.25, 0.3) is 5.56 Å². The lowest BCUT2D eigenvalue weighted by Gasteiger charge is -2.18. The number of nitrogens with one attached hydrogen (secondary N) is 2. The predicted molar refractivity (Wildman–Crippen MR) is 89.7 cm³/mol. The first-order chi connectivity index (χ1) is 9.65. The molecule has 0 atom stereocenters. The van der Waals surface area contributed by atoms with Crippen molar-refractivity contribution >= 4 is 34.0 Å². The summed E-state index contributed by atoms with van der Waals surface area (Å²) in [6, 6.07) is 0. The fraction of sp³-hybridized carbons (Fsp3) is 0.571. The van der Waals surface area contributed by atoms with Crippen LogP contribution >= 0.6 is 23.7 Å². The Balaban J connectivity index is 0.00000161. The van der Waals surface area contributed by atoms with E-state index < -0.39 is 0 Å². The van der Waals surface area contributed by atoms with Gasteiger partial charge in [-0.3, -0.25) is 9.69 Å². The number of hydrogen-bond donors (Lipinski definition) is 2. The minimum atomic E-state index is -0.000188. The molecule has 1 fully saturated rings. The molecule has 2 aromatic heterocycles. The zero-order valence-corrected chi connectivity index (χ0v) is 14.0. The predicted octanol–water partition coefficient (Wildman–Crippen LogP) is 1.82. The van der Waals surface area contributed by atoms with Crippen LogP contribution in [0.5, 0.6) is 0 Å². The molecule has 2 N–H and O–H groups in total. The Morgan fingerprint density at radius 1 is 1.29 bits per heavy atom. The van der Waals surface area contributed by atoms with Crippen molar-refractivity contribution in [2.75, 3.05) is 26.2 Å². The highest BCUT2D eigenvalue weighted by Crippen LogP contribution is 2.25. The van der Waals surface area contributed by atoms with Crippen molar-refractivity contribution < 1.29 is 0 Å². The van der Waals surface area contributed by atoms with Gasteiger partial charge >= 0.3 is 0 Å². The molecular formula is C14H21ClN4OS. The van der Waals surface area contributed by atoms with E-state index in [-0.39, 0.29) is 18.0 Å². The Morgan fingerprint density at radius 2 is 2.10 bits per heavy atom. The number of hydrogen-bond acceptors (Lipinski definition) is 5. The van der Waals surface area contributed by atoms with Crippen molar-refractivity contribution in [1.29, 1.82) is 0 Å². The lowest BCUT2D eigenvalue weighted by atomic mass is 10.2. The molecule has 1 aliphatic heterocycles. The maximum Gasteiger partial charge on any atom is 0.259 e. The summed E-state index contributed by atoms with van der Waals surface area (Å²) in [6.45, 7) is 8.89. The molecule has 0 unspecified atom stereocenters. The van der Waals surface area contributed by atoms with Crippen molar-refractivity contribution in [1.82, 2.24) is 20.2 Å². The molecule has 0 amide bonds. The topological polar surface area (TPSA) is 61.0 Å². The molecule has 7 heteroatoms. The number of fused-ring (bicyclic) bond motifs is 1. The number of rotatable bonds is 2. The molecule has 0 bridgehead atoms. The van der Waals surface area contributed by atoms with E-state index in [0.717, 1.165) is 60.7 Å². The van der Waals surface area contributed by atoms with Gasteiger partial charge in [0.1, 0.15) is 10.7 Å². The van der Waals surface area contributed by atoms with Gasteiger partial charge in [-0.2, -0.15) is 0 Å². The first-order valence-electron chi connectivity index (χ1n) is 7.07. The summed E-state index contributed by atoms with van der Waals surface area (Å²) in [6.07, 6.45) is 1.14. The van der Waals surface area contributed by atoms with Crippen LogP contribution in [0.3, 0.4) is 0 Å². The van der Waals surface area contributed by atoms with E-state index in [1.54, 1.807) is 11.3 Å². The summed E-state index contributed by atoms with van der Waals surface area (Å²) in [4.78, 5) is 24.2. The molecule has 5 nitrogen and oxygen atoms in total. The van der Waals surface area contributed by atoms with Gasteiger partial charge in [0.05, 0.1) is 11.9 Å². The van der Waals surface area contributed by atoms with Crippen molar-refractivity contribution in [3.8, 4) is 0 Å². The fourth-order valence-corrected chi connectivity index (χ4v) is 3.69. The molecular weight excluding hydrogens is 308 g/mol. The van der Waals surface area contributed by atoms with Crippen LogP contribution in [-0.2, 0) is 6.54 Å². The van der Waals surface area contributed by atoms with E-state index in [1.807, 2.05) is 13.8 Å². The molecule has 0 aromatic carbocycles. The van der Waals surface area contributed by atoms with Gasteiger partial charge in [0.15, 0.2) is 0 Å². The number of aromatic nitrogens is 2. The molecule has 0 saturated carbocycles. The van der Waals surface area contributed by atoms with Crippen molar-refractivity contribution in [2.45, 2.75) is 26.8 Å². The summed E-state index contributed by atoms with van der Waals surface area (Å²) in [5.41, 5.74) is 1.06. The highest BCUT2D eigenvalue weighted by Gasteiger charge is 2.14. The zero-order chi connectivity index (χ0) is 14.1. The first kappa shape index (κ1) is 16.4. The van der Waals surface area contributed by atoms with Crippen molar-refractivity contribution in [3.05, 3.63) is 26.6 Å². The van der Waals surface area contributed by atoms with E-state index in [4.69, 9.17) is 0 Å². The van der Waals surface area contributed by atoms with Crippen LogP contribution < -0.4 is 10.9 Å². The summed E-state index contributed by atoms with van der Waals surface area (Å²) in [5.74, 6) is 0.783. The van der Waals surface area contributed by atoms with Crippen LogP contribution in [0.2, 0.25) is 0 Å². The van der Waals surface area contributed by atoms with Gasteiger partial charge in [0, 0.05) is 18.0 Å². The van der Waals surface area contributed by atoms with Crippen LogP contribution in [0.1, 0.15) is 22.7 Å². The third-order valence-electron chi connectivity index (χ3n) is 3.89. The Morgan fingerprint density at radius 3 is 2.90 bits per heavy atom. The third kappa shape index (κ3) is 3.45. The van der Waals surface area contributed by atoms with Gasteiger partial charge in [-0.1, -0.05) is 0 Å². The molecule has 3 rings (SSSR count). The van der Waals surface area contributed by atoms with E-state index in [0.29, 0.717) is 0 Å². The molecule has 0 aliphatic carbocycles. The second-order valence-electron chi connectivity index (χ2n) is 5.36. The lowest BCUT2D eigenvalue weighted by Crippen LogP contribution is -2.29. The molecule has 2 aromatic rings. The number of thiophene rings is 1. The highest BCUT2D eigenvalue weighted by molar-refractivity contribution is 7.18. The molecule has 0 spiro atoms. The first-order valence-corrected chi connectivity index (χ1v) is 7.89. The Labute approximate surface area is 134 Å². The molecule has 1 aliphatic rings. The van der Waals surface area contributed by atoms with E-state index in [2.05, 4.69) is 20.2 Å². The summed E-state index contributed by atoms with van der Waals surface area (Å²) < 4.78 is 0. The number of H-pyrrole nitrogens is 1. The summed E-state index contributed by atoms with van der Waals surface area (Å²) in [7, 11) is 0. The molecule has 3 heterocycles. The number of nitrogens with zero attached hydrogens (tertiary/aromatic N) is 2. The molecule has 21 heavy (non-hydrogen) atoms. The summed E-state index contributed by atoms with van der Waals surface area (Å²) in [5, 5.41) is 4.14. The SMILES string of the molecule is Cc1sc2nc(CN3CCCNCC3)[nH]c(=O)c2c1C.Cl. The maximum atomic E-state index is 12.2. The van der Waals surface area contributed by atoms with Crippen LogP contribution in [0, 0.1) is 13.8 Å². The molecule has 116 valence electrons. The number of aryl methyl sites for hydroxylation is 2. The largest absolute Gasteiger partial charge is 0.315 e. The Kier molecular flexibility index (Phi) is 5.37. The van der Waals surface area contributed by atoms with Gasteiger partial charge in [0.2, 0.25) is 0 Å². The van der Waals surface area contributed by atoms with Crippen LogP contribution in [0.15, 0.2) is 4.79 Å². The minimum absolute atomic E-state index is 0. The van der Waals surface area contributed by atoms with Crippen LogP contribution in [0.4, 0.5) is 0 Å². The minimum Gasteiger partial charge on any atom is -0.315 e. The van der Waals surface area contributed by atoms with E-state index in [1.165, 1.54) is 4.88 Å². The Hall–Kier alpha value is -0.950. The standard InChI is InChI=1S/C14H20N4OS.ClH/c1-9-10(2)20-14-12(9)13(19)16-11(17-14)8-18-6-3-4-15-5-7-18;/h15H,3-8H2,1-2H3,(H,16,17,19);1H. The van der Waals surface area contributed by atoms with Crippen LogP contribution in [-0.4, -0.2) is 41.0 Å².